The molecule has 0 fully saturated rings. The predicted molar refractivity (Wildman–Crippen MR) is 60.9 cm³/mol. The van der Waals surface area contributed by atoms with Crippen LogP contribution in [0.15, 0.2) is 6.33 Å². The number of ether oxygens (including phenoxy) is 1. The summed E-state index contributed by atoms with van der Waals surface area (Å²) < 4.78 is 5.37. The average molecular weight is 208 g/mol. The van der Waals surface area contributed by atoms with Gasteiger partial charge in [-0.05, 0) is 19.3 Å². The number of aromatic nitrogens is 2. The molecule has 2 atom stereocenters. The predicted octanol–water partition coefficient (Wildman–Crippen LogP) is 3.01. The van der Waals surface area contributed by atoms with Crippen LogP contribution in [0.1, 0.15) is 56.2 Å². The highest BCUT2D eigenvalue weighted by Gasteiger charge is 2.31. The Balaban J connectivity index is 0.000000531. The Labute approximate surface area is 91.9 Å². The van der Waals surface area contributed by atoms with Gasteiger partial charge in [0.2, 0.25) is 0 Å². The third kappa shape index (κ3) is 2.17. The average Bonchev–Trinajstić information content (AvgIpc) is 2.60. The summed E-state index contributed by atoms with van der Waals surface area (Å²) in [6.07, 6.45) is 2.83. The lowest BCUT2D eigenvalue weighted by Crippen LogP contribution is -2.00. The number of methoxy groups -OCH3 is 1. The van der Waals surface area contributed by atoms with E-state index in [0.29, 0.717) is 5.92 Å². The summed E-state index contributed by atoms with van der Waals surface area (Å²) in [5.41, 5.74) is 3.47. The maximum Gasteiger partial charge on any atom is 0.116 e. The van der Waals surface area contributed by atoms with Crippen molar-refractivity contribution in [3.05, 3.63) is 23.3 Å². The summed E-state index contributed by atoms with van der Waals surface area (Å²) >= 11 is 0. The zero-order valence-corrected chi connectivity index (χ0v) is 10.2. The highest BCUT2D eigenvalue weighted by atomic mass is 16.5. The van der Waals surface area contributed by atoms with Crippen molar-refractivity contribution in [2.45, 2.75) is 46.1 Å². The first-order chi connectivity index (χ1) is 7.24. The van der Waals surface area contributed by atoms with E-state index in [0.717, 1.165) is 17.8 Å². The molecular formula is C12H20N2O. The minimum absolute atomic E-state index is 0.173. The lowest BCUT2D eigenvalue weighted by Gasteiger charge is -2.07. The second-order valence-corrected chi connectivity index (χ2v) is 3.62. The first kappa shape index (κ1) is 12.1. The normalized spacial score (nSPS) is 23.0. The van der Waals surface area contributed by atoms with Gasteiger partial charge in [-0.3, -0.25) is 0 Å². The standard InChI is InChI=1S/C10H14N2O.C2H6/c1-6-4-8(13-3)10-9(6)7(2)11-5-12-10;1-2/h5-6,8H,4H2,1-3H3;1-2H3. The van der Waals surface area contributed by atoms with Crippen LogP contribution in [0.5, 0.6) is 0 Å². The highest BCUT2D eigenvalue weighted by molar-refractivity contribution is 5.33. The molecule has 1 heterocycles. The summed E-state index contributed by atoms with van der Waals surface area (Å²) in [6, 6.07) is 0. The van der Waals surface area contributed by atoms with Crippen molar-refractivity contribution < 1.29 is 4.74 Å². The van der Waals surface area contributed by atoms with Gasteiger partial charge in [0.05, 0.1) is 5.69 Å². The summed E-state index contributed by atoms with van der Waals surface area (Å²) in [5, 5.41) is 0. The van der Waals surface area contributed by atoms with Gasteiger partial charge in [0.25, 0.3) is 0 Å². The fourth-order valence-corrected chi connectivity index (χ4v) is 2.13. The number of nitrogens with zero attached hydrogens (tertiary/aromatic N) is 2. The molecule has 0 saturated carbocycles. The molecule has 3 heteroatoms. The molecule has 0 aromatic carbocycles. The van der Waals surface area contributed by atoms with Crippen molar-refractivity contribution >= 4 is 0 Å². The quantitative estimate of drug-likeness (QED) is 0.711. The lowest BCUT2D eigenvalue weighted by molar-refractivity contribution is 0.0982. The molecule has 0 amide bonds. The van der Waals surface area contributed by atoms with Crippen LogP contribution >= 0.6 is 0 Å². The van der Waals surface area contributed by atoms with Gasteiger partial charge in [-0.25, -0.2) is 9.97 Å². The van der Waals surface area contributed by atoms with Crippen LogP contribution in [0.3, 0.4) is 0 Å². The van der Waals surface area contributed by atoms with Gasteiger partial charge < -0.3 is 4.74 Å². The monoisotopic (exact) mass is 208 g/mol. The van der Waals surface area contributed by atoms with Gasteiger partial charge >= 0.3 is 0 Å². The fourth-order valence-electron chi connectivity index (χ4n) is 2.13. The van der Waals surface area contributed by atoms with Crippen LogP contribution < -0.4 is 0 Å². The summed E-state index contributed by atoms with van der Waals surface area (Å²) in [6.45, 7) is 8.24. The van der Waals surface area contributed by atoms with E-state index in [9.17, 15) is 0 Å². The number of fused-ring (bicyclic) bond motifs is 1. The molecule has 0 bridgehead atoms. The van der Waals surface area contributed by atoms with Crippen LogP contribution in [0.25, 0.3) is 0 Å². The molecule has 15 heavy (non-hydrogen) atoms. The van der Waals surface area contributed by atoms with Crippen molar-refractivity contribution in [1.29, 1.82) is 0 Å². The lowest BCUT2D eigenvalue weighted by atomic mass is 10.0. The number of hydrogen-bond donors (Lipinski definition) is 0. The molecule has 0 N–H and O–H groups in total. The van der Waals surface area contributed by atoms with Crippen molar-refractivity contribution in [3.8, 4) is 0 Å². The van der Waals surface area contributed by atoms with Crippen LogP contribution in [-0.4, -0.2) is 17.1 Å². The SMILES string of the molecule is CC.COC1CC(C)c2c(C)ncnc21. The van der Waals surface area contributed by atoms with E-state index in [1.54, 1.807) is 13.4 Å². The van der Waals surface area contributed by atoms with E-state index in [2.05, 4.69) is 16.9 Å². The van der Waals surface area contributed by atoms with Crippen LogP contribution in [0, 0.1) is 6.92 Å². The smallest absolute Gasteiger partial charge is 0.116 e. The molecule has 0 aliphatic heterocycles. The fraction of sp³-hybridized carbons (Fsp3) is 0.667. The highest BCUT2D eigenvalue weighted by Crippen LogP contribution is 2.41. The summed E-state index contributed by atoms with van der Waals surface area (Å²) in [4.78, 5) is 8.49. The molecule has 1 aliphatic rings. The van der Waals surface area contributed by atoms with E-state index in [4.69, 9.17) is 4.74 Å². The van der Waals surface area contributed by atoms with Gasteiger partial charge in [-0.2, -0.15) is 0 Å². The molecule has 0 radical (unpaired) electrons. The third-order valence-corrected chi connectivity index (χ3v) is 2.76. The Bertz CT molecular complexity index is 325. The van der Waals surface area contributed by atoms with E-state index in [1.807, 2.05) is 20.8 Å². The van der Waals surface area contributed by atoms with Crippen LogP contribution in [0.2, 0.25) is 0 Å². The molecular weight excluding hydrogens is 188 g/mol. The second kappa shape index (κ2) is 5.21. The zero-order chi connectivity index (χ0) is 11.4. The van der Waals surface area contributed by atoms with Gasteiger partial charge in [-0.1, -0.05) is 20.8 Å². The first-order valence-electron chi connectivity index (χ1n) is 5.58. The van der Waals surface area contributed by atoms with Gasteiger partial charge in [0.1, 0.15) is 12.4 Å². The summed E-state index contributed by atoms with van der Waals surface area (Å²) in [5.74, 6) is 0.529. The minimum Gasteiger partial charge on any atom is -0.375 e. The number of rotatable bonds is 1. The Morgan fingerprint density at radius 2 is 2.00 bits per heavy atom. The minimum atomic E-state index is 0.173. The molecule has 1 aliphatic carbocycles. The maximum atomic E-state index is 5.37. The Morgan fingerprint density at radius 1 is 1.33 bits per heavy atom. The molecule has 0 spiro atoms. The van der Waals surface area contributed by atoms with Crippen LogP contribution in [0.4, 0.5) is 0 Å². The number of hydrogen-bond acceptors (Lipinski definition) is 3. The van der Waals surface area contributed by atoms with Crippen molar-refractivity contribution in [2.24, 2.45) is 0 Å². The van der Waals surface area contributed by atoms with Crippen molar-refractivity contribution in [2.75, 3.05) is 7.11 Å². The third-order valence-electron chi connectivity index (χ3n) is 2.76. The molecule has 0 saturated heterocycles. The topological polar surface area (TPSA) is 35.0 Å². The van der Waals surface area contributed by atoms with Gasteiger partial charge in [-0.15, -0.1) is 0 Å². The second-order valence-electron chi connectivity index (χ2n) is 3.62. The first-order valence-corrected chi connectivity index (χ1v) is 5.58. The Hall–Kier alpha value is -0.960. The Morgan fingerprint density at radius 3 is 2.60 bits per heavy atom. The van der Waals surface area contributed by atoms with E-state index in [1.165, 1.54) is 5.56 Å². The van der Waals surface area contributed by atoms with E-state index in [-0.39, 0.29) is 6.10 Å². The van der Waals surface area contributed by atoms with E-state index >= 15 is 0 Å². The molecule has 2 rings (SSSR count). The van der Waals surface area contributed by atoms with Crippen molar-refractivity contribution in [3.63, 3.8) is 0 Å². The largest absolute Gasteiger partial charge is 0.375 e. The van der Waals surface area contributed by atoms with E-state index < -0.39 is 0 Å². The molecule has 84 valence electrons. The van der Waals surface area contributed by atoms with Crippen LogP contribution in [-0.2, 0) is 4.74 Å². The summed E-state index contributed by atoms with van der Waals surface area (Å²) in [7, 11) is 1.74. The molecule has 1 aromatic rings. The Kier molecular flexibility index (Phi) is 4.21. The number of aryl methyl sites for hydroxylation is 1. The maximum absolute atomic E-state index is 5.37. The van der Waals surface area contributed by atoms with Gasteiger partial charge in [0.15, 0.2) is 0 Å². The molecule has 1 aromatic heterocycles. The van der Waals surface area contributed by atoms with Crippen molar-refractivity contribution in [1.82, 2.24) is 9.97 Å². The molecule has 3 nitrogen and oxygen atoms in total. The zero-order valence-electron chi connectivity index (χ0n) is 10.2. The molecule has 2 unspecified atom stereocenters. The van der Waals surface area contributed by atoms with Gasteiger partial charge in [0, 0.05) is 18.4 Å².